The molecule has 0 fully saturated rings. The molecule has 0 aliphatic carbocycles. The topological polar surface area (TPSA) is 61.4 Å². The summed E-state index contributed by atoms with van der Waals surface area (Å²) in [5, 5.41) is 9.43. The Morgan fingerprint density at radius 3 is 2.75 bits per heavy atom. The van der Waals surface area contributed by atoms with E-state index in [1.54, 1.807) is 18.2 Å². The van der Waals surface area contributed by atoms with Crippen LogP contribution in [-0.2, 0) is 0 Å². The van der Waals surface area contributed by atoms with E-state index < -0.39 is 0 Å². The third-order valence-corrected chi connectivity index (χ3v) is 2.26. The van der Waals surface area contributed by atoms with Gasteiger partial charge in [-0.15, -0.1) is 0 Å². The van der Waals surface area contributed by atoms with Crippen LogP contribution in [-0.4, -0.2) is 17.6 Å². The Hall–Kier alpha value is -1.55. The van der Waals surface area contributed by atoms with Crippen molar-refractivity contribution in [3.63, 3.8) is 0 Å². The highest BCUT2D eigenvalue weighted by molar-refractivity contribution is 5.96. The molecule has 3 N–H and O–H groups in total. The molecule has 1 aromatic carbocycles. The van der Waals surface area contributed by atoms with Crippen molar-refractivity contribution in [1.29, 1.82) is 0 Å². The molecule has 1 rings (SSSR count). The lowest BCUT2D eigenvalue weighted by atomic mass is 10.2. The highest BCUT2D eigenvalue weighted by Crippen LogP contribution is 2.14. The largest absolute Gasteiger partial charge is 0.507 e. The van der Waals surface area contributed by atoms with Crippen LogP contribution >= 0.6 is 0 Å². The van der Waals surface area contributed by atoms with Gasteiger partial charge in [-0.05, 0) is 18.6 Å². The number of hydrogen-bond acceptors (Lipinski definition) is 3. The molecule has 4 heteroatoms. The fraction of sp³-hybridized carbons (Fsp3) is 0.417. The van der Waals surface area contributed by atoms with E-state index in [4.69, 9.17) is 0 Å². The van der Waals surface area contributed by atoms with Gasteiger partial charge in [0.25, 0.3) is 5.91 Å². The molecule has 1 aromatic rings. The number of hydrazine groups is 1. The second kappa shape index (κ2) is 6.85. The van der Waals surface area contributed by atoms with Crippen molar-refractivity contribution in [2.45, 2.75) is 26.2 Å². The number of aromatic hydroxyl groups is 1. The first-order valence-electron chi connectivity index (χ1n) is 5.57. The molecule has 16 heavy (non-hydrogen) atoms. The van der Waals surface area contributed by atoms with Crippen LogP contribution in [0.1, 0.15) is 36.5 Å². The van der Waals surface area contributed by atoms with Gasteiger partial charge in [0.1, 0.15) is 5.75 Å². The van der Waals surface area contributed by atoms with E-state index >= 15 is 0 Å². The van der Waals surface area contributed by atoms with Gasteiger partial charge in [0, 0.05) is 6.54 Å². The van der Waals surface area contributed by atoms with E-state index in [1.165, 1.54) is 6.07 Å². The highest BCUT2D eigenvalue weighted by Gasteiger charge is 2.08. The molecule has 88 valence electrons. The highest BCUT2D eigenvalue weighted by atomic mass is 16.3. The van der Waals surface area contributed by atoms with Crippen LogP contribution in [0.5, 0.6) is 5.75 Å². The van der Waals surface area contributed by atoms with Gasteiger partial charge < -0.3 is 5.11 Å². The first kappa shape index (κ1) is 12.5. The Bertz CT molecular complexity index is 340. The van der Waals surface area contributed by atoms with Crippen LogP contribution in [0.15, 0.2) is 24.3 Å². The summed E-state index contributed by atoms with van der Waals surface area (Å²) in [6.07, 6.45) is 3.31. The number of rotatable bonds is 6. The predicted octanol–water partition coefficient (Wildman–Crippen LogP) is 1.82. The Balaban J connectivity index is 2.33. The lowest BCUT2D eigenvalue weighted by Crippen LogP contribution is -2.37. The fourth-order valence-electron chi connectivity index (χ4n) is 1.34. The first-order valence-corrected chi connectivity index (χ1v) is 5.57. The van der Waals surface area contributed by atoms with Crippen LogP contribution in [0, 0.1) is 0 Å². The van der Waals surface area contributed by atoms with Crippen LogP contribution in [0.3, 0.4) is 0 Å². The molecule has 0 spiro atoms. The minimum Gasteiger partial charge on any atom is -0.507 e. The van der Waals surface area contributed by atoms with E-state index in [2.05, 4.69) is 17.8 Å². The Morgan fingerprint density at radius 1 is 1.31 bits per heavy atom. The van der Waals surface area contributed by atoms with Crippen LogP contribution in [0.25, 0.3) is 0 Å². The number of para-hydroxylation sites is 1. The molecule has 0 aromatic heterocycles. The zero-order valence-corrected chi connectivity index (χ0v) is 9.49. The third-order valence-electron chi connectivity index (χ3n) is 2.26. The molecule has 0 radical (unpaired) electrons. The summed E-state index contributed by atoms with van der Waals surface area (Å²) < 4.78 is 0. The lowest BCUT2D eigenvalue weighted by Gasteiger charge is -2.07. The minimum atomic E-state index is -0.311. The van der Waals surface area contributed by atoms with Gasteiger partial charge >= 0.3 is 0 Å². The standard InChI is InChI=1S/C12H18N2O2/c1-2-3-6-9-13-14-12(16)10-7-4-5-8-11(10)15/h4-5,7-8,13,15H,2-3,6,9H2,1H3,(H,14,16). The number of phenols is 1. The number of benzene rings is 1. The molecule has 0 aliphatic rings. The van der Waals surface area contributed by atoms with Gasteiger partial charge in [-0.3, -0.25) is 10.2 Å². The van der Waals surface area contributed by atoms with Gasteiger partial charge in [0.2, 0.25) is 0 Å². The number of carbonyl (C=O) groups is 1. The normalized spacial score (nSPS) is 10.1. The molecule has 0 atom stereocenters. The molecule has 0 aliphatic heterocycles. The zero-order valence-electron chi connectivity index (χ0n) is 9.49. The molecular formula is C12H18N2O2. The Labute approximate surface area is 95.6 Å². The minimum absolute atomic E-state index is 0.00430. The van der Waals surface area contributed by atoms with E-state index in [9.17, 15) is 9.90 Å². The molecule has 0 heterocycles. The molecule has 0 bridgehead atoms. The Kier molecular flexibility index (Phi) is 5.36. The van der Waals surface area contributed by atoms with Crippen LogP contribution in [0.4, 0.5) is 0 Å². The van der Waals surface area contributed by atoms with Crippen LogP contribution in [0.2, 0.25) is 0 Å². The number of phenolic OH excluding ortho intramolecular Hbond substituents is 1. The summed E-state index contributed by atoms with van der Waals surface area (Å²) in [6, 6.07) is 6.47. The maximum atomic E-state index is 11.6. The quantitative estimate of drug-likeness (QED) is 0.508. The van der Waals surface area contributed by atoms with Crippen molar-refractivity contribution >= 4 is 5.91 Å². The van der Waals surface area contributed by atoms with E-state index in [1.807, 2.05) is 0 Å². The summed E-state index contributed by atoms with van der Waals surface area (Å²) >= 11 is 0. The Morgan fingerprint density at radius 2 is 2.06 bits per heavy atom. The van der Waals surface area contributed by atoms with Crippen molar-refractivity contribution in [2.24, 2.45) is 0 Å². The number of carbonyl (C=O) groups excluding carboxylic acids is 1. The summed E-state index contributed by atoms with van der Waals surface area (Å²) in [4.78, 5) is 11.6. The monoisotopic (exact) mass is 222 g/mol. The number of unbranched alkanes of at least 4 members (excludes halogenated alkanes) is 2. The molecule has 4 nitrogen and oxygen atoms in total. The average molecular weight is 222 g/mol. The van der Waals surface area contributed by atoms with Gasteiger partial charge in [-0.1, -0.05) is 31.9 Å². The van der Waals surface area contributed by atoms with Crippen molar-refractivity contribution in [1.82, 2.24) is 10.9 Å². The lowest BCUT2D eigenvalue weighted by molar-refractivity contribution is 0.0930. The summed E-state index contributed by atoms with van der Waals surface area (Å²) in [7, 11) is 0. The van der Waals surface area contributed by atoms with Gasteiger partial charge in [-0.2, -0.15) is 0 Å². The van der Waals surface area contributed by atoms with Crippen molar-refractivity contribution < 1.29 is 9.90 Å². The molecule has 0 saturated carbocycles. The number of amides is 1. The van der Waals surface area contributed by atoms with Gasteiger partial charge in [-0.25, -0.2) is 5.43 Å². The van der Waals surface area contributed by atoms with E-state index in [-0.39, 0.29) is 17.2 Å². The molecule has 0 unspecified atom stereocenters. The van der Waals surface area contributed by atoms with E-state index in [0.29, 0.717) is 0 Å². The number of hydrogen-bond donors (Lipinski definition) is 3. The third kappa shape index (κ3) is 3.90. The van der Waals surface area contributed by atoms with Crippen molar-refractivity contribution in [3.8, 4) is 5.75 Å². The van der Waals surface area contributed by atoms with Crippen LogP contribution < -0.4 is 10.9 Å². The van der Waals surface area contributed by atoms with Gasteiger partial charge in [0.15, 0.2) is 0 Å². The maximum Gasteiger partial charge on any atom is 0.269 e. The zero-order chi connectivity index (χ0) is 11.8. The SMILES string of the molecule is CCCCCNNC(=O)c1ccccc1O. The fourth-order valence-corrected chi connectivity index (χ4v) is 1.34. The maximum absolute atomic E-state index is 11.6. The van der Waals surface area contributed by atoms with Crippen molar-refractivity contribution in [2.75, 3.05) is 6.54 Å². The summed E-state index contributed by atoms with van der Waals surface area (Å²) in [6.45, 7) is 2.87. The smallest absolute Gasteiger partial charge is 0.269 e. The van der Waals surface area contributed by atoms with Gasteiger partial charge in [0.05, 0.1) is 5.56 Å². The first-order chi connectivity index (χ1) is 7.75. The van der Waals surface area contributed by atoms with E-state index in [0.717, 1.165) is 25.8 Å². The summed E-state index contributed by atoms with van der Waals surface area (Å²) in [5.41, 5.74) is 5.67. The predicted molar refractivity (Wildman–Crippen MR) is 63.1 cm³/mol. The second-order valence-corrected chi connectivity index (χ2v) is 3.61. The molecule has 0 saturated heterocycles. The van der Waals surface area contributed by atoms with Crippen molar-refractivity contribution in [3.05, 3.63) is 29.8 Å². The molecule has 1 amide bonds. The summed E-state index contributed by atoms with van der Waals surface area (Å²) in [5.74, 6) is -0.315. The molecular weight excluding hydrogens is 204 g/mol. The second-order valence-electron chi connectivity index (χ2n) is 3.61. The average Bonchev–Trinajstić information content (AvgIpc) is 2.29. The number of nitrogens with one attached hydrogen (secondary N) is 2.